The first-order chi connectivity index (χ1) is 13.4. The lowest BCUT2D eigenvalue weighted by Crippen LogP contribution is -2.30. The number of rotatable bonds is 5. The number of methoxy groups -OCH3 is 1. The molecule has 1 amide bonds. The molecule has 0 radical (unpaired) electrons. The number of carbonyl (C=O) groups is 1. The number of carbonyl (C=O) groups excluding carboxylic acids is 1. The Morgan fingerprint density at radius 3 is 2.75 bits per heavy atom. The Balaban J connectivity index is 1.94. The second-order valence-electron chi connectivity index (χ2n) is 6.13. The van der Waals surface area contributed by atoms with E-state index in [1.807, 2.05) is 12.1 Å². The Kier molecular flexibility index (Phi) is 6.55. The zero-order chi connectivity index (χ0) is 20.3. The molecule has 1 atom stereocenters. The molecule has 2 aromatic carbocycles. The molecule has 1 heterocycles. The largest absolute Gasteiger partial charge is 0.503 e. The van der Waals surface area contributed by atoms with Crippen LogP contribution in [0.2, 0.25) is 5.02 Å². The van der Waals surface area contributed by atoms with Crippen molar-refractivity contribution < 1.29 is 14.6 Å². The zero-order valence-electron chi connectivity index (χ0n) is 14.8. The lowest BCUT2D eigenvalue weighted by molar-refractivity contribution is -0.120. The van der Waals surface area contributed by atoms with E-state index in [-0.39, 0.29) is 23.8 Å². The second-order valence-corrected chi connectivity index (χ2v) is 8.40. The number of hydrogen-bond acceptors (Lipinski definition) is 5. The molecule has 1 aliphatic heterocycles. The fourth-order valence-corrected chi connectivity index (χ4v) is 4.52. The zero-order valence-corrected chi connectivity index (χ0v) is 18.0. The Labute approximate surface area is 180 Å². The van der Waals surface area contributed by atoms with Gasteiger partial charge in [-0.05, 0) is 51.3 Å². The SMILES string of the molecule is COc1cc([C@@H]2CC(=O)NC(SCc3ccc(Cl)cc3)=C2C#N)cc(Br)c1O. The van der Waals surface area contributed by atoms with Crippen LogP contribution in [0.5, 0.6) is 11.5 Å². The fraction of sp³-hybridized carbons (Fsp3) is 0.200. The maximum absolute atomic E-state index is 12.3. The second kappa shape index (κ2) is 8.91. The summed E-state index contributed by atoms with van der Waals surface area (Å²) in [5.41, 5.74) is 2.24. The molecule has 1 aliphatic rings. The van der Waals surface area contributed by atoms with Crippen LogP contribution in [0.3, 0.4) is 0 Å². The van der Waals surface area contributed by atoms with E-state index in [1.54, 1.807) is 24.3 Å². The van der Waals surface area contributed by atoms with Gasteiger partial charge >= 0.3 is 0 Å². The summed E-state index contributed by atoms with van der Waals surface area (Å²) in [6.07, 6.45) is 0.147. The number of allylic oxidation sites excluding steroid dienone is 1. The van der Waals surface area contributed by atoms with Gasteiger partial charge in [0.1, 0.15) is 0 Å². The fourth-order valence-electron chi connectivity index (χ4n) is 2.90. The molecule has 0 bridgehead atoms. The molecule has 0 spiro atoms. The number of thioether (sulfide) groups is 1. The quantitative estimate of drug-likeness (QED) is 0.624. The normalized spacial score (nSPS) is 16.5. The summed E-state index contributed by atoms with van der Waals surface area (Å²) in [6.45, 7) is 0. The van der Waals surface area contributed by atoms with Gasteiger partial charge in [-0.25, -0.2) is 0 Å². The van der Waals surface area contributed by atoms with E-state index in [4.69, 9.17) is 16.3 Å². The molecule has 0 unspecified atom stereocenters. The molecule has 3 rings (SSSR count). The van der Waals surface area contributed by atoms with Gasteiger partial charge in [0, 0.05) is 23.1 Å². The number of aromatic hydroxyl groups is 1. The standard InChI is InChI=1S/C20H16BrClN2O3S/c1-27-17-7-12(6-16(21)19(17)26)14-8-18(25)24-20(15(14)9-23)28-10-11-2-4-13(22)5-3-11/h2-7,14,26H,8,10H2,1H3,(H,24,25)/t14-/m0/s1. The summed E-state index contributed by atoms with van der Waals surface area (Å²) >= 11 is 10.6. The Hall–Kier alpha value is -2.14. The number of ether oxygens (including phenoxy) is 1. The van der Waals surface area contributed by atoms with Crippen molar-refractivity contribution >= 4 is 45.2 Å². The highest BCUT2D eigenvalue weighted by Crippen LogP contribution is 2.42. The molecule has 8 heteroatoms. The third kappa shape index (κ3) is 4.46. The smallest absolute Gasteiger partial charge is 0.225 e. The first-order valence-corrected chi connectivity index (χ1v) is 10.5. The minimum Gasteiger partial charge on any atom is -0.503 e. The molecule has 0 fully saturated rings. The lowest BCUT2D eigenvalue weighted by atomic mass is 9.87. The summed E-state index contributed by atoms with van der Waals surface area (Å²) in [7, 11) is 1.45. The minimum absolute atomic E-state index is 0.0219. The predicted octanol–water partition coefficient (Wildman–Crippen LogP) is 5.09. The number of halogens is 2. The van der Waals surface area contributed by atoms with E-state index in [0.717, 1.165) is 11.1 Å². The highest BCUT2D eigenvalue weighted by Gasteiger charge is 2.30. The first kappa shape index (κ1) is 20.6. The van der Waals surface area contributed by atoms with Gasteiger partial charge in [-0.1, -0.05) is 23.7 Å². The minimum atomic E-state index is -0.419. The van der Waals surface area contributed by atoms with E-state index in [0.29, 0.717) is 25.9 Å². The van der Waals surface area contributed by atoms with Crippen LogP contribution >= 0.6 is 39.3 Å². The van der Waals surface area contributed by atoms with E-state index in [2.05, 4.69) is 27.3 Å². The highest BCUT2D eigenvalue weighted by molar-refractivity contribution is 9.10. The Morgan fingerprint density at radius 1 is 1.39 bits per heavy atom. The molecule has 28 heavy (non-hydrogen) atoms. The number of benzene rings is 2. The van der Waals surface area contributed by atoms with Gasteiger partial charge in [0.25, 0.3) is 0 Å². The van der Waals surface area contributed by atoms with E-state index >= 15 is 0 Å². The van der Waals surface area contributed by atoms with Gasteiger partial charge in [-0.15, -0.1) is 11.8 Å². The van der Waals surface area contributed by atoms with Gasteiger partial charge in [0.05, 0.1) is 28.3 Å². The first-order valence-electron chi connectivity index (χ1n) is 8.30. The van der Waals surface area contributed by atoms with Crippen molar-refractivity contribution in [2.45, 2.75) is 18.1 Å². The molecule has 0 saturated carbocycles. The third-order valence-electron chi connectivity index (χ3n) is 4.33. The van der Waals surface area contributed by atoms with Crippen molar-refractivity contribution in [1.29, 1.82) is 5.26 Å². The van der Waals surface area contributed by atoms with Gasteiger partial charge < -0.3 is 15.2 Å². The number of hydrogen-bond donors (Lipinski definition) is 2. The van der Waals surface area contributed by atoms with E-state index < -0.39 is 5.92 Å². The van der Waals surface area contributed by atoms with Crippen LogP contribution in [0.4, 0.5) is 0 Å². The number of nitrogens with zero attached hydrogens (tertiary/aromatic N) is 1. The van der Waals surface area contributed by atoms with Crippen molar-refractivity contribution in [3.63, 3.8) is 0 Å². The summed E-state index contributed by atoms with van der Waals surface area (Å²) < 4.78 is 5.64. The predicted molar refractivity (Wildman–Crippen MR) is 113 cm³/mol. The van der Waals surface area contributed by atoms with Crippen LogP contribution in [-0.2, 0) is 10.5 Å². The number of amides is 1. The maximum atomic E-state index is 12.3. The molecule has 144 valence electrons. The Bertz CT molecular complexity index is 986. The van der Waals surface area contributed by atoms with Crippen molar-refractivity contribution in [2.75, 3.05) is 7.11 Å². The number of nitriles is 1. The highest BCUT2D eigenvalue weighted by atomic mass is 79.9. The maximum Gasteiger partial charge on any atom is 0.225 e. The molecule has 5 nitrogen and oxygen atoms in total. The van der Waals surface area contributed by atoms with Crippen LogP contribution in [-0.4, -0.2) is 18.1 Å². The van der Waals surface area contributed by atoms with Gasteiger partial charge in [0.2, 0.25) is 5.91 Å². The van der Waals surface area contributed by atoms with E-state index in [1.165, 1.54) is 18.9 Å². The van der Waals surface area contributed by atoms with Crippen LogP contribution < -0.4 is 10.1 Å². The molecule has 0 aromatic heterocycles. The summed E-state index contributed by atoms with van der Waals surface area (Å²) in [6, 6.07) is 13.0. The molecular formula is C20H16BrClN2O3S. The van der Waals surface area contributed by atoms with Crippen LogP contribution in [0.25, 0.3) is 0 Å². The topological polar surface area (TPSA) is 82.3 Å². The van der Waals surface area contributed by atoms with Gasteiger partial charge in [-0.3, -0.25) is 4.79 Å². The van der Waals surface area contributed by atoms with E-state index in [9.17, 15) is 15.2 Å². The molecular weight excluding hydrogens is 464 g/mol. The van der Waals surface area contributed by atoms with Gasteiger partial charge in [-0.2, -0.15) is 5.26 Å². The molecule has 2 aromatic rings. The van der Waals surface area contributed by atoms with Crippen LogP contribution in [0.15, 0.2) is 51.5 Å². The molecule has 0 saturated heterocycles. The number of phenolic OH excluding ortho intramolecular Hbond substituents is 1. The monoisotopic (exact) mass is 478 g/mol. The molecule has 2 N–H and O–H groups in total. The van der Waals surface area contributed by atoms with Crippen LogP contribution in [0, 0.1) is 11.3 Å². The average Bonchev–Trinajstić information content (AvgIpc) is 2.69. The summed E-state index contributed by atoms with van der Waals surface area (Å²) in [5, 5.41) is 23.8. The van der Waals surface area contributed by atoms with Crippen molar-refractivity contribution in [3.8, 4) is 17.6 Å². The third-order valence-corrected chi connectivity index (χ3v) is 6.27. The van der Waals surface area contributed by atoms with Gasteiger partial charge in [0.15, 0.2) is 11.5 Å². The molecule has 0 aliphatic carbocycles. The summed E-state index contributed by atoms with van der Waals surface area (Å²) in [4.78, 5) is 12.3. The van der Waals surface area contributed by atoms with Crippen molar-refractivity contribution in [1.82, 2.24) is 5.32 Å². The lowest BCUT2D eigenvalue weighted by Gasteiger charge is -2.25. The average molecular weight is 480 g/mol. The Morgan fingerprint density at radius 2 is 2.11 bits per heavy atom. The van der Waals surface area contributed by atoms with Crippen LogP contribution in [0.1, 0.15) is 23.5 Å². The number of nitrogens with one attached hydrogen (secondary N) is 1. The summed E-state index contributed by atoms with van der Waals surface area (Å²) in [5.74, 6) is 0.269. The van der Waals surface area contributed by atoms with Crippen molar-refractivity contribution in [2.24, 2.45) is 0 Å². The number of phenols is 1. The van der Waals surface area contributed by atoms with Crippen molar-refractivity contribution in [3.05, 3.63) is 67.6 Å².